The Morgan fingerprint density at radius 2 is 2.11 bits per heavy atom. The van der Waals surface area contributed by atoms with Gasteiger partial charge < -0.3 is 4.74 Å². The molecule has 0 aliphatic carbocycles. The van der Waals surface area contributed by atoms with Crippen LogP contribution in [0.3, 0.4) is 0 Å². The van der Waals surface area contributed by atoms with Gasteiger partial charge in [0, 0.05) is 33.6 Å². The molecule has 0 N–H and O–H groups in total. The summed E-state index contributed by atoms with van der Waals surface area (Å²) in [6.45, 7) is 2.04. The van der Waals surface area contributed by atoms with E-state index in [2.05, 4.69) is 4.98 Å². The van der Waals surface area contributed by atoms with Gasteiger partial charge in [0.1, 0.15) is 11.7 Å². The number of hydrogen-bond donors (Lipinski definition) is 0. The van der Waals surface area contributed by atoms with Crippen LogP contribution in [-0.2, 0) is 10.3 Å². The van der Waals surface area contributed by atoms with Crippen LogP contribution >= 0.6 is 23.2 Å². The van der Waals surface area contributed by atoms with Crippen molar-refractivity contribution in [1.29, 1.82) is 0 Å². The maximum atomic E-state index is 6.20. The number of hydrogen-bond acceptors (Lipinski definition) is 2. The second kappa shape index (κ2) is 4.23. The second-order valence-electron chi connectivity index (χ2n) is 4.51. The van der Waals surface area contributed by atoms with E-state index in [0.29, 0.717) is 10.0 Å². The number of epoxide rings is 1. The van der Waals surface area contributed by atoms with Crippen molar-refractivity contribution < 1.29 is 4.74 Å². The Bertz CT molecular complexity index is 588. The Morgan fingerprint density at radius 3 is 2.78 bits per heavy atom. The Kier molecular flexibility index (Phi) is 2.81. The summed E-state index contributed by atoms with van der Waals surface area (Å²) in [7, 11) is 0. The summed E-state index contributed by atoms with van der Waals surface area (Å²) in [5.41, 5.74) is 1.68. The third kappa shape index (κ3) is 1.91. The maximum Gasteiger partial charge on any atom is 0.123 e. The van der Waals surface area contributed by atoms with E-state index in [9.17, 15) is 0 Å². The molecule has 1 saturated heterocycles. The molecular weight excluding hydrogens is 269 g/mol. The van der Waals surface area contributed by atoms with Gasteiger partial charge in [-0.25, -0.2) is 0 Å². The van der Waals surface area contributed by atoms with E-state index in [4.69, 9.17) is 27.9 Å². The first-order valence-corrected chi connectivity index (χ1v) is 6.40. The lowest BCUT2D eigenvalue weighted by molar-refractivity contribution is 0.313. The lowest BCUT2D eigenvalue weighted by Crippen LogP contribution is -2.04. The topological polar surface area (TPSA) is 25.4 Å². The third-order valence-corrected chi connectivity index (χ3v) is 3.85. The molecule has 1 aromatic heterocycles. The average Bonchev–Trinajstić information content (AvgIpc) is 3.04. The number of nitrogens with zero attached hydrogens (tertiary/aromatic N) is 1. The van der Waals surface area contributed by atoms with Gasteiger partial charge in [0.15, 0.2) is 0 Å². The van der Waals surface area contributed by atoms with Gasteiger partial charge in [0.05, 0.1) is 0 Å². The van der Waals surface area contributed by atoms with E-state index in [1.807, 2.05) is 37.4 Å². The summed E-state index contributed by atoms with van der Waals surface area (Å²) in [5.74, 6) is 0. The van der Waals surface area contributed by atoms with Crippen molar-refractivity contribution in [1.82, 2.24) is 4.98 Å². The summed E-state index contributed by atoms with van der Waals surface area (Å²) < 4.78 is 5.83. The van der Waals surface area contributed by atoms with Crippen molar-refractivity contribution in [2.24, 2.45) is 0 Å². The largest absolute Gasteiger partial charge is 0.356 e. The van der Waals surface area contributed by atoms with Crippen LogP contribution in [0.15, 0.2) is 42.7 Å². The number of rotatable bonds is 2. The van der Waals surface area contributed by atoms with E-state index in [-0.39, 0.29) is 11.7 Å². The Balaban J connectivity index is 1.94. The Labute approximate surface area is 116 Å². The molecule has 4 heteroatoms. The van der Waals surface area contributed by atoms with Crippen molar-refractivity contribution in [2.75, 3.05) is 0 Å². The van der Waals surface area contributed by atoms with Gasteiger partial charge in [0.25, 0.3) is 0 Å². The zero-order valence-electron chi connectivity index (χ0n) is 9.73. The van der Waals surface area contributed by atoms with Crippen molar-refractivity contribution in [3.63, 3.8) is 0 Å². The molecule has 2 aromatic rings. The highest BCUT2D eigenvalue weighted by Gasteiger charge is 2.55. The van der Waals surface area contributed by atoms with Gasteiger partial charge in [-0.2, -0.15) is 0 Å². The first-order chi connectivity index (χ1) is 8.61. The molecule has 1 unspecified atom stereocenters. The van der Waals surface area contributed by atoms with Gasteiger partial charge >= 0.3 is 0 Å². The molecule has 1 aliphatic heterocycles. The smallest absolute Gasteiger partial charge is 0.123 e. The molecule has 0 amide bonds. The minimum atomic E-state index is -0.342. The van der Waals surface area contributed by atoms with Crippen molar-refractivity contribution in [3.05, 3.63) is 63.9 Å². The van der Waals surface area contributed by atoms with Crippen molar-refractivity contribution in [3.8, 4) is 0 Å². The van der Waals surface area contributed by atoms with Crippen LogP contribution in [0.5, 0.6) is 0 Å². The monoisotopic (exact) mass is 279 g/mol. The molecule has 92 valence electrons. The molecule has 0 radical (unpaired) electrons. The molecule has 1 aromatic carbocycles. The molecule has 0 saturated carbocycles. The lowest BCUT2D eigenvalue weighted by Gasteiger charge is -2.07. The number of aromatic nitrogens is 1. The quantitative estimate of drug-likeness (QED) is 0.763. The number of ether oxygens (including phenoxy) is 1. The first-order valence-electron chi connectivity index (χ1n) is 5.64. The van der Waals surface area contributed by atoms with Crippen molar-refractivity contribution in [2.45, 2.75) is 18.6 Å². The minimum Gasteiger partial charge on any atom is -0.356 e. The van der Waals surface area contributed by atoms with Crippen LogP contribution < -0.4 is 0 Å². The molecule has 2 nitrogen and oxygen atoms in total. The summed E-state index contributed by atoms with van der Waals surface area (Å²) in [4.78, 5) is 4.12. The maximum absolute atomic E-state index is 6.20. The summed E-state index contributed by atoms with van der Waals surface area (Å²) in [5, 5.41) is 1.27. The highest BCUT2D eigenvalue weighted by Crippen LogP contribution is 2.57. The Hall–Kier alpha value is -1.09. The average molecular weight is 280 g/mol. The summed E-state index contributed by atoms with van der Waals surface area (Å²) in [6, 6.07) is 9.40. The Morgan fingerprint density at radius 1 is 1.28 bits per heavy atom. The lowest BCUT2D eigenvalue weighted by atomic mass is 9.95. The zero-order valence-corrected chi connectivity index (χ0v) is 11.2. The molecule has 3 rings (SSSR count). The van der Waals surface area contributed by atoms with Crippen LogP contribution in [0.2, 0.25) is 10.0 Å². The SMILES string of the molecule is CC1(c2cccnc2)O[C@H]1c1ccc(Cl)cc1Cl. The normalized spacial score (nSPS) is 26.1. The molecule has 0 bridgehead atoms. The highest BCUT2D eigenvalue weighted by molar-refractivity contribution is 6.35. The minimum absolute atomic E-state index is 0.0357. The van der Waals surface area contributed by atoms with Gasteiger partial charge in [-0.15, -0.1) is 0 Å². The molecular formula is C14H11Cl2NO. The van der Waals surface area contributed by atoms with Crippen LogP contribution in [-0.4, -0.2) is 4.98 Å². The van der Waals surface area contributed by atoms with Crippen molar-refractivity contribution >= 4 is 23.2 Å². The van der Waals surface area contributed by atoms with Gasteiger partial charge in [0.2, 0.25) is 0 Å². The predicted molar refractivity (Wildman–Crippen MR) is 71.9 cm³/mol. The van der Waals surface area contributed by atoms with E-state index < -0.39 is 0 Å². The molecule has 1 aliphatic rings. The number of halogens is 2. The summed E-state index contributed by atoms with van der Waals surface area (Å²) in [6.07, 6.45) is 3.54. The highest BCUT2D eigenvalue weighted by atomic mass is 35.5. The van der Waals surface area contributed by atoms with Crippen LogP contribution in [0.4, 0.5) is 0 Å². The van der Waals surface area contributed by atoms with Crippen LogP contribution in [0.25, 0.3) is 0 Å². The van der Waals surface area contributed by atoms with Crippen LogP contribution in [0.1, 0.15) is 24.2 Å². The zero-order chi connectivity index (χ0) is 12.8. The van der Waals surface area contributed by atoms with Gasteiger partial charge in [-0.3, -0.25) is 4.98 Å². The molecule has 1 fully saturated rings. The molecule has 2 atom stereocenters. The standard InChI is InChI=1S/C14H11Cl2NO/c1-14(9-3-2-6-17-8-9)13(18-14)11-5-4-10(15)7-12(11)16/h2-8,13H,1H3/t13-,14?/m0/s1. The molecule has 0 spiro atoms. The third-order valence-electron chi connectivity index (χ3n) is 3.29. The second-order valence-corrected chi connectivity index (χ2v) is 5.36. The fourth-order valence-corrected chi connectivity index (χ4v) is 2.67. The summed E-state index contributed by atoms with van der Waals surface area (Å²) >= 11 is 12.1. The molecule has 2 heterocycles. The van der Waals surface area contributed by atoms with E-state index in [0.717, 1.165) is 11.1 Å². The van der Waals surface area contributed by atoms with E-state index >= 15 is 0 Å². The number of pyridine rings is 1. The fraction of sp³-hybridized carbons (Fsp3) is 0.214. The van der Waals surface area contributed by atoms with E-state index in [1.165, 1.54) is 0 Å². The van der Waals surface area contributed by atoms with Gasteiger partial charge in [-0.05, 0) is 25.1 Å². The van der Waals surface area contributed by atoms with Crippen LogP contribution in [0, 0.1) is 0 Å². The van der Waals surface area contributed by atoms with E-state index in [1.54, 1.807) is 12.3 Å². The number of benzene rings is 1. The molecule has 18 heavy (non-hydrogen) atoms. The first kappa shape index (κ1) is 12.0. The van der Waals surface area contributed by atoms with Gasteiger partial charge in [-0.1, -0.05) is 35.3 Å². The predicted octanol–water partition coefficient (Wildman–Crippen LogP) is 4.38. The fourth-order valence-electron chi connectivity index (χ4n) is 2.16.